The molecule has 51 heavy (non-hydrogen) atoms. The maximum atomic E-state index is 14.1. The van der Waals surface area contributed by atoms with Gasteiger partial charge in [-0.1, -0.05) is 43.5 Å². The Balaban J connectivity index is 1.93. The summed E-state index contributed by atoms with van der Waals surface area (Å²) in [6, 6.07) is 10.5. The van der Waals surface area contributed by atoms with Crippen molar-refractivity contribution in [2.45, 2.75) is 91.5 Å². The van der Waals surface area contributed by atoms with E-state index in [0.717, 1.165) is 25.7 Å². The van der Waals surface area contributed by atoms with Crippen molar-refractivity contribution in [3.63, 3.8) is 0 Å². The Kier molecular flexibility index (Phi) is 16.8. The molecule has 13 nitrogen and oxygen atoms in total. The third kappa shape index (κ3) is 11.5. The Morgan fingerprint density at radius 3 is 1.86 bits per heavy atom. The molecule has 0 heterocycles. The van der Waals surface area contributed by atoms with Gasteiger partial charge in [0.1, 0.15) is 11.8 Å². The quantitative estimate of drug-likeness (QED) is 0.123. The molecule has 0 spiro atoms. The van der Waals surface area contributed by atoms with Gasteiger partial charge >= 0.3 is 15.2 Å². The summed E-state index contributed by atoms with van der Waals surface area (Å²) in [5, 5.41) is 1.39. The molecule has 2 aromatic carbocycles. The number of likely N-dealkylation sites (N-methyl/N-ethyl adjacent to an activating group) is 1. The number of hydrogen-bond donors (Lipinski definition) is 2. The fourth-order valence-corrected chi connectivity index (χ4v) is 11.8. The van der Waals surface area contributed by atoms with Gasteiger partial charge in [-0.05, 0) is 82.7 Å². The van der Waals surface area contributed by atoms with Crippen LogP contribution in [-0.4, -0.2) is 63.3 Å². The first-order valence-electron chi connectivity index (χ1n) is 17.9. The first-order valence-corrected chi connectivity index (χ1v) is 21.1. The van der Waals surface area contributed by atoms with Gasteiger partial charge in [0.2, 0.25) is 11.8 Å². The van der Waals surface area contributed by atoms with Crippen molar-refractivity contribution < 1.29 is 46.3 Å². The number of primary amides is 1. The van der Waals surface area contributed by atoms with Crippen LogP contribution in [0.15, 0.2) is 42.5 Å². The number of rotatable bonds is 21. The Labute approximate surface area is 302 Å². The second-order valence-electron chi connectivity index (χ2n) is 12.3. The number of nitrogens with zero attached hydrogens (tertiary/aromatic N) is 1. The van der Waals surface area contributed by atoms with E-state index < -0.39 is 44.4 Å². The molecule has 284 valence electrons. The van der Waals surface area contributed by atoms with E-state index in [1.165, 1.54) is 18.2 Å². The third-order valence-electron chi connectivity index (χ3n) is 8.55. The molecule has 0 aliphatic heterocycles. The minimum atomic E-state index is -4.06. The minimum absolute atomic E-state index is 0.0374. The van der Waals surface area contributed by atoms with E-state index in [1.54, 1.807) is 77.1 Å². The van der Waals surface area contributed by atoms with Crippen molar-refractivity contribution in [2.24, 2.45) is 11.7 Å². The lowest BCUT2D eigenvalue weighted by Crippen LogP contribution is -2.49. The number of benzene rings is 2. The van der Waals surface area contributed by atoms with E-state index in [0.29, 0.717) is 35.1 Å². The molecule has 3 amide bonds. The van der Waals surface area contributed by atoms with E-state index in [2.05, 4.69) is 5.32 Å². The summed E-state index contributed by atoms with van der Waals surface area (Å²) < 4.78 is 56.7. The summed E-state index contributed by atoms with van der Waals surface area (Å²) in [6.45, 7) is 10.6. The zero-order chi connectivity index (χ0) is 37.6. The lowest BCUT2D eigenvalue weighted by Gasteiger charge is -2.31. The van der Waals surface area contributed by atoms with Gasteiger partial charge in [0.05, 0.1) is 38.6 Å². The van der Waals surface area contributed by atoms with Crippen LogP contribution in [0.5, 0.6) is 5.75 Å². The predicted octanol–water partition coefficient (Wildman–Crippen LogP) is 7.38. The third-order valence-corrected chi connectivity index (χ3v) is 14.5. The fourth-order valence-electron chi connectivity index (χ4n) is 6.34. The van der Waals surface area contributed by atoms with Gasteiger partial charge in [0, 0.05) is 25.6 Å². The second-order valence-corrected chi connectivity index (χ2v) is 16.9. The molecule has 2 aromatic rings. The van der Waals surface area contributed by atoms with Gasteiger partial charge in [-0.3, -0.25) is 23.5 Å². The maximum absolute atomic E-state index is 14.1. The van der Waals surface area contributed by atoms with E-state index in [1.807, 2.05) is 0 Å². The summed E-state index contributed by atoms with van der Waals surface area (Å²) in [6.07, 6.45) is 5.81. The molecule has 1 fully saturated rings. The molecule has 1 atom stereocenters. The molecular formula is C36H55N3O10P2. The molecule has 1 saturated carbocycles. The highest BCUT2D eigenvalue weighted by Crippen LogP contribution is 2.78. The van der Waals surface area contributed by atoms with Gasteiger partial charge < -0.3 is 38.8 Å². The zero-order valence-electron chi connectivity index (χ0n) is 30.8. The summed E-state index contributed by atoms with van der Waals surface area (Å²) in [4.78, 5) is 40.3. The van der Waals surface area contributed by atoms with Crippen molar-refractivity contribution in [3.8, 4) is 5.75 Å². The van der Waals surface area contributed by atoms with Crippen LogP contribution in [0.4, 0.5) is 5.69 Å². The lowest BCUT2D eigenvalue weighted by molar-refractivity contribution is -0.126. The number of ether oxygens (including phenoxy) is 1. The summed E-state index contributed by atoms with van der Waals surface area (Å²) in [5.74, 6) is -0.700. The van der Waals surface area contributed by atoms with Crippen LogP contribution in [0.25, 0.3) is 0 Å². The minimum Gasteiger partial charge on any atom is -0.492 e. The SMILES string of the molecule is CCOP(=O)(OCC)C(c1ccc(CC(NC(C)=O)C(=O)N(CC)c2ccc(OCC3CCCCC3)c(C(N)=O)c2)cc1)P(=O)(OCC)OCC. The van der Waals surface area contributed by atoms with E-state index in [9.17, 15) is 23.5 Å². The van der Waals surface area contributed by atoms with E-state index in [-0.39, 0.29) is 45.0 Å². The molecule has 1 aliphatic carbocycles. The Morgan fingerprint density at radius 2 is 1.39 bits per heavy atom. The van der Waals surface area contributed by atoms with Crippen LogP contribution in [0.1, 0.15) is 101 Å². The topological polar surface area (TPSA) is 173 Å². The molecular weight excluding hydrogens is 696 g/mol. The van der Waals surface area contributed by atoms with Gasteiger partial charge in [-0.15, -0.1) is 0 Å². The molecule has 0 saturated heterocycles. The highest BCUT2D eigenvalue weighted by molar-refractivity contribution is 7.72. The van der Waals surface area contributed by atoms with Gasteiger partial charge in [0.15, 0.2) is 5.40 Å². The first-order chi connectivity index (χ1) is 24.4. The smallest absolute Gasteiger partial charge is 0.350 e. The second kappa shape index (κ2) is 20.3. The van der Waals surface area contributed by atoms with Crippen LogP contribution >= 0.6 is 15.2 Å². The summed E-state index contributed by atoms with van der Waals surface area (Å²) in [5.41, 5.74) is 7.34. The predicted molar refractivity (Wildman–Crippen MR) is 197 cm³/mol. The van der Waals surface area contributed by atoms with Crippen LogP contribution in [0, 0.1) is 5.92 Å². The maximum Gasteiger partial charge on any atom is 0.350 e. The number of nitrogens with two attached hydrogens (primary N) is 1. The van der Waals surface area contributed by atoms with Crippen molar-refractivity contribution in [1.29, 1.82) is 0 Å². The zero-order valence-corrected chi connectivity index (χ0v) is 32.5. The lowest BCUT2D eigenvalue weighted by atomic mass is 9.90. The van der Waals surface area contributed by atoms with Crippen molar-refractivity contribution >= 4 is 38.6 Å². The van der Waals surface area contributed by atoms with Gasteiger partial charge in [-0.2, -0.15) is 0 Å². The average Bonchev–Trinajstić information content (AvgIpc) is 3.09. The monoisotopic (exact) mass is 751 g/mol. The van der Waals surface area contributed by atoms with Gasteiger partial charge in [0.25, 0.3) is 5.91 Å². The van der Waals surface area contributed by atoms with Crippen LogP contribution in [0.2, 0.25) is 0 Å². The number of amides is 3. The van der Waals surface area contributed by atoms with Crippen LogP contribution in [0.3, 0.4) is 0 Å². The van der Waals surface area contributed by atoms with Crippen molar-refractivity contribution in [1.82, 2.24) is 5.32 Å². The highest BCUT2D eigenvalue weighted by Gasteiger charge is 2.52. The summed E-state index contributed by atoms with van der Waals surface area (Å²) in [7, 11) is -8.12. The molecule has 3 rings (SSSR count). The fraction of sp³-hybridized carbons (Fsp3) is 0.583. The molecule has 1 unspecified atom stereocenters. The molecule has 1 aliphatic rings. The number of anilines is 1. The standard InChI is InChI=1S/C36H55N3O10P2/c1-7-39(30-21-22-33(31(24-30)34(37)41)45-25-28-15-13-12-14-16-28)35(42)32(38-26(6)40)23-27-17-19-29(20-18-27)36(50(43,46-8-2)47-9-3)51(44,48-10-4)49-11-5/h17-22,24,28,32,36H,7-16,23,25H2,1-6H3,(H2,37,41)(H,38,40). The Hall–Kier alpha value is -3.05. The Bertz CT molecular complexity index is 1500. The Morgan fingerprint density at radius 1 is 0.843 bits per heavy atom. The first kappa shape index (κ1) is 42.4. The normalized spacial score (nSPS) is 14.6. The molecule has 3 N–H and O–H groups in total. The largest absolute Gasteiger partial charge is 0.492 e. The summed E-state index contributed by atoms with van der Waals surface area (Å²) >= 11 is 0. The van der Waals surface area contributed by atoms with Crippen molar-refractivity contribution in [3.05, 3.63) is 59.2 Å². The number of hydrogen-bond acceptors (Lipinski definition) is 10. The van der Waals surface area contributed by atoms with Gasteiger partial charge in [-0.25, -0.2) is 0 Å². The number of carbonyl (C=O) groups is 3. The molecule has 0 aromatic heterocycles. The number of carbonyl (C=O) groups excluding carboxylic acids is 3. The van der Waals surface area contributed by atoms with E-state index in [4.69, 9.17) is 28.6 Å². The number of nitrogens with one attached hydrogen (secondary N) is 1. The molecule has 0 bridgehead atoms. The molecule has 15 heteroatoms. The van der Waals surface area contributed by atoms with Crippen LogP contribution in [-0.2, 0) is 43.2 Å². The van der Waals surface area contributed by atoms with Crippen molar-refractivity contribution in [2.75, 3.05) is 44.5 Å². The highest BCUT2D eigenvalue weighted by atomic mass is 31.2. The molecule has 0 radical (unpaired) electrons. The average molecular weight is 752 g/mol. The van der Waals surface area contributed by atoms with E-state index >= 15 is 0 Å². The van der Waals surface area contributed by atoms with Crippen LogP contribution < -0.4 is 20.7 Å².